The van der Waals surface area contributed by atoms with Gasteiger partial charge in [0.25, 0.3) is 0 Å². The summed E-state index contributed by atoms with van der Waals surface area (Å²) in [5.74, 6) is -0.771. The fourth-order valence-electron chi connectivity index (χ4n) is 0.656. The van der Waals surface area contributed by atoms with Crippen molar-refractivity contribution in [3.8, 4) is 0 Å². The number of rotatable bonds is 2. The molecule has 0 saturated carbocycles. The van der Waals surface area contributed by atoms with Crippen molar-refractivity contribution >= 4 is 17.6 Å². The minimum atomic E-state index is -1.12. The highest BCUT2D eigenvalue weighted by molar-refractivity contribution is 6.23. The molecule has 1 aromatic heterocycles. The number of hydrogen-bond acceptors (Lipinski definition) is 3. The zero-order valence-electron chi connectivity index (χ0n) is 6.67. The number of aromatic carboxylic acids is 1. The number of carboxylic acid groups (broad SMARTS) is 1. The van der Waals surface area contributed by atoms with Crippen LogP contribution in [0.25, 0.3) is 0 Å². The van der Waals surface area contributed by atoms with Gasteiger partial charge in [0.05, 0.1) is 4.87 Å². The molecule has 0 radical (unpaired) electrons. The fraction of sp³-hybridized carbons (Fsp3) is 0.429. The largest absolute Gasteiger partial charge is 0.476 e. The van der Waals surface area contributed by atoms with E-state index in [-0.39, 0.29) is 5.69 Å². The zero-order chi connectivity index (χ0) is 9.35. The van der Waals surface area contributed by atoms with Crippen LogP contribution in [-0.2, 0) is 4.87 Å². The van der Waals surface area contributed by atoms with Crippen LogP contribution in [0.3, 0.4) is 0 Å². The smallest absolute Gasteiger partial charge is 0.358 e. The first kappa shape index (κ1) is 9.06. The maximum atomic E-state index is 10.4. The van der Waals surface area contributed by atoms with Crippen LogP contribution in [0.15, 0.2) is 10.6 Å². The van der Waals surface area contributed by atoms with Gasteiger partial charge in [-0.2, -0.15) is 0 Å². The Morgan fingerprint density at radius 1 is 1.75 bits per heavy atom. The SMILES string of the molecule is CC(C)(Cl)c1cc(C(=O)O)no1. The van der Waals surface area contributed by atoms with Crippen LogP contribution in [0.1, 0.15) is 30.1 Å². The lowest BCUT2D eigenvalue weighted by atomic mass is 10.1. The number of nitrogens with zero attached hydrogens (tertiary/aromatic N) is 1. The van der Waals surface area contributed by atoms with Crippen molar-refractivity contribution in [3.63, 3.8) is 0 Å². The molecule has 0 bridgehead atoms. The molecular weight excluding hydrogens is 182 g/mol. The first-order chi connectivity index (χ1) is 5.41. The number of carbonyl (C=O) groups is 1. The summed E-state index contributed by atoms with van der Waals surface area (Å²) >= 11 is 5.85. The van der Waals surface area contributed by atoms with Crippen LogP contribution in [0, 0.1) is 0 Å². The van der Waals surface area contributed by atoms with Crippen molar-refractivity contribution < 1.29 is 14.4 Å². The van der Waals surface area contributed by atoms with Gasteiger partial charge in [-0.25, -0.2) is 4.79 Å². The first-order valence-corrected chi connectivity index (χ1v) is 3.68. The van der Waals surface area contributed by atoms with E-state index in [1.165, 1.54) is 6.07 Å². The van der Waals surface area contributed by atoms with Crippen LogP contribution in [0.2, 0.25) is 0 Å². The van der Waals surface area contributed by atoms with Gasteiger partial charge in [0.2, 0.25) is 0 Å². The van der Waals surface area contributed by atoms with Crippen LogP contribution < -0.4 is 0 Å². The van der Waals surface area contributed by atoms with E-state index in [1.54, 1.807) is 13.8 Å². The molecule has 0 aromatic carbocycles. The van der Waals surface area contributed by atoms with E-state index in [4.69, 9.17) is 21.2 Å². The molecule has 0 fully saturated rings. The highest BCUT2D eigenvalue weighted by Gasteiger charge is 2.23. The Morgan fingerprint density at radius 3 is 2.58 bits per heavy atom. The molecule has 66 valence electrons. The minimum Gasteiger partial charge on any atom is -0.476 e. The number of aromatic nitrogens is 1. The van der Waals surface area contributed by atoms with Gasteiger partial charge in [0.1, 0.15) is 0 Å². The highest BCUT2D eigenvalue weighted by atomic mass is 35.5. The summed E-state index contributed by atoms with van der Waals surface area (Å²) in [5, 5.41) is 11.8. The van der Waals surface area contributed by atoms with Crippen molar-refractivity contribution in [2.75, 3.05) is 0 Å². The van der Waals surface area contributed by atoms with E-state index in [0.29, 0.717) is 5.76 Å². The predicted molar refractivity (Wildman–Crippen MR) is 42.3 cm³/mol. The quantitative estimate of drug-likeness (QED) is 0.722. The number of alkyl halides is 1. The normalized spacial score (nSPS) is 11.6. The monoisotopic (exact) mass is 189 g/mol. The Hall–Kier alpha value is -1.03. The lowest BCUT2D eigenvalue weighted by Crippen LogP contribution is -2.05. The standard InChI is InChI=1S/C7H8ClNO3/c1-7(2,8)5-3-4(6(10)11)9-12-5/h3H,1-2H3,(H,10,11). The molecule has 0 aliphatic rings. The average Bonchev–Trinajstić information content (AvgIpc) is 2.30. The molecule has 0 atom stereocenters. The molecule has 12 heavy (non-hydrogen) atoms. The van der Waals surface area contributed by atoms with Gasteiger partial charge < -0.3 is 9.63 Å². The van der Waals surface area contributed by atoms with Crippen LogP contribution in [-0.4, -0.2) is 16.2 Å². The Labute approximate surface area is 74.1 Å². The molecular formula is C7H8ClNO3. The third-order valence-electron chi connectivity index (χ3n) is 1.32. The van der Waals surface area contributed by atoms with E-state index in [0.717, 1.165) is 0 Å². The van der Waals surface area contributed by atoms with E-state index in [9.17, 15) is 4.79 Å². The minimum absolute atomic E-state index is 0.126. The Balaban J connectivity index is 3.00. The summed E-state index contributed by atoms with van der Waals surface area (Å²) < 4.78 is 4.73. The number of carboxylic acids is 1. The van der Waals surface area contributed by atoms with Gasteiger partial charge in [-0.1, -0.05) is 5.16 Å². The summed E-state index contributed by atoms with van der Waals surface area (Å²) in [6.45, 7) is 3.39. The molecule has 4 nitrogen and oxygen atoms in total. The molecule has 0 spiro atoms. The van der Waals surface area contributed by atoms with Crippen molar-refractivity contribution in [1.82, 2.24) is 5.16 Å². The summed E-state index contributed by atoms with van der Waals surface area (Å²) in [5.41, 5.74) is -0.126. The van der Waals surface area contributed by atoms with Crippen molar-refractivity contribution in [3.05, 3.63) is 17.5 Å². The molecule has 0 aliphatic carbocycles. The Kier molecular flexibility index (Phi) is 2.10. The molecule has 1 rings (SSSR count). The molecule has 1 N–H and O–H groups in total. The van der Waals surface area contributed by atoms with Crippen LogP contribution >= 0.6 is 11.6 Å². The van der Waals surface area contributed by atoms with Crippen LogP contribution in [0.5, 0.6) is 0 Å². The maximum Gasteiger partial charge on any atom is 0.358 e. The predicted octanol–water partition coefficient (Wildman–Crippen LogP) is 1.85. The highest BCUT2D eigenvalue weighted by Crippen LogP contribution is 2.27. The maximum absolute atomic E-state index is 10.4. The van der Waals surface area contributed by atoms with Gasteiger partial charge in [-0.05, 0) is 13.8 Å². The molecule has 0 amide bonds. The van der Waals surface area contributed by atoms with Gasteiger partial charge in [0.15, 0.2) is 11.5 Å². The van der Waals surface area contributed by atoms with Crippen molar-refractivity contribution in [2.24, 2.45) is 0 Å². The summed E-state index contributed by atoms with van der Waals surface area (Å²) in [6, 6.07) is 1.31. The zero-order valence-corrected chi connectivity index (χ0v) is 7.42. The second-order valence-corrected chi connectivity index (χ2v) is 3.80. The van der Waals surface area contributed by atoms with Crippen molar-refractivity contribution in [1.29, 1.82) is 0 Å². The van der Waals surface area contributed by atoms with Crippen molar-refractivity contribution in [2.45, 2.75) is 18.7 Å². The van der Waals surface area contributed by atoms with Gasteiger partial charge in [-0.3, -0.25) is 0 Å². The summed E-state index contributed by atoms with van der Waals surface area (Å²) in [7, 11) is 0. The Bertz CT molecular complexity index is 300. The lowest BCUT2D eigenvalue weighted by molar-refractivity contribution is 0.0685. The van der Waals surface area contributed by atoms with Gasteiger partial charge in [0, 0.05) is 6.07 Å². The Morgan fingerprint density at radius 2 is 2.33 bits per heavy atom. The summed E-state index contributed by atoms with van der Waals surface area (Å²) in [4.78, 5) is 9.65. The second-order valence-electron chi connectivity index (χ2n) is 2.85. The van der Waals surface area contributed by atoms with E-state index < -0.39 is 10.8 Å². The van der Waals surface area contributed by atoms with E-state index in [1.807, 2.05) is 0 Å². The lowest BCUT2D eigenvalue weighted by Gasteiger charge is -2.08. The molecule has 5 heteroatoms. The van der Waals surface area contributed by atoms with E-state index in [2.05, 4.69) is 5.16 Å². The molecule has 0 unspecified atom stereocenters. The average molecular weight is 190 g/mol. The molecule has 0 aliphatic heterocycles. The van der Waals surface area contributed by atoms with E-state index >= 15 is 0 Å². The number of hydrogen-bond donors (Lipinski definition) is 1. The van der Waals surface area contributed by atoms with Crippen LogP contribution in [0.4, 0.5) is 0 Å². The second kappa shape index (κ2) is 2.79. The molecule has 0 saturated heterocycles. The van der Waals surface area contributed by atoms with Gasteiger partial charge >= 0.3 is 5.97 Å². The molecule has 1 heterocycles. The topological polar surface area (TPSA) is 63.3 Å². The summed E-state index contributed by atoms with van der Waals surface area (Å²) in [6.07, 6.45) is 0. The fourth-order valence-corrected chi connectivity index (χ4v) is 0.745. The first-order valence-electron chi connectivity index (χ1n) is 3.30. The number of halogens is 1. The van der Waals surface area contributed by atoms with Gasteiger partial charge in [-0.15, -0.1) is 11.6 Å². The third kappa shape index (κ3) is 1.76. The third-order valence-corrected chi connectivity index (χ3v) is 1.50. The molecule has 1 aromatic rings.